The third-order valence-electron chi connectivity index (χ3n) is 4.47. The molecule has 1 N–H and O–H groups in total. The molecule has 5 nitrogen and oxygen atoms in total. The maximum atomic E-state index is 12.7. The van der Waals surface area contributed by atoms with Crippen LogP contribution in [0.4, 0.5) is 13.2 Å². The third kappa shape index (κ3) is 5.61. The number of ether oxygens (including phenoxy) is 2. The number of nitrogens with one attached hydrogen (secondary N) is 1. The summed E-state index contributed by atoms with van der Waals surface area (Å²) in [4.78, 5) is 24.2. The first-order chi connectivity index (χ1) is 13.3. The highest BCUT2D eigenvalue weighted by atomic mass is 19.4. The van der Waals surface area contributed by atoms with Crippen LogP contribution >= 0.6 is 0 Å². The van der Waals surface area contributed by atoms with E-state index in [4.69, 9.17) is 4.74 Å². The van der Waals surface area contributed by atoms with Crippen LogP contribution in [-0.2, 0) is 4.79 Å². The second-order valence-corrected chi connectivity index (χ2v) is 6.71. The van der Waals surface area contributed by atoms with Crippen LogP contribution in [0, 0.1) is 0 Å². The van der Waals surface area contributed by atoms with Crippen LogP contribution < -0.4 is 14.8 Å². The Labute approximate surface area is 160 Å². The number of hydrogen-bond donors (Lipinski definition) is 1. The summed E-state index contributed by atoms with van der Waals surface area (Å²) in [5, 5.41) is 2.53. The van der Waals surface area contributed by atoms with E-state index < -0.39 is 18.0 Å². The van der Waals surface area contributed by atoms with Gasteiger partial charge in [-0.2, -0.15) is 0 Å². The molecular weight excluding hydrogens is 375 g/mol. The van der Waals surface area contributed by atoms with Gasteiger partial charge in [-0.25, -0.2) is 0 Å². The summed E-state index contributed by atoms with van der Waals surface area (Å²) in [5.74, 6) is -1.18. The van der Waals surface area contributed by atoms with Gasteiger partial charge in [0.25, 0.3) is 5.91 Å². The van der Waals surface area contributed by atoms with Gasteiger partial charge < -0.3 is 14.8 Å². The number of alkyl halides is 3. The minimum atomic E-state index is -4.87. The summed E-state index contributed by atoms with van der Waals surface area (Å²) in [7, 11) is 0. The Bertz CT molecular complexity index is 808. The molecule has 0 spiro atoms. The van der Waals surface area contributed by atoms with Crippen molar-refractivity contribution in [2.45, 2.75) is 51.0 Å². The van der Waals surface area contributed by atoms with E-state index in [2.05, 4.69) is 10.1 Å². The lowest BCUT2D eigenvalue weighted by atomic mass is 9.97. The Kier molecular flexibility index (Phi) is 6.06. The third-order valence-corrected chi connectivity index (χ3v) is 4.47. The summed E-state index contributed by atoms with van der Waals surface area (Å²) in [6, 6.07) is 3.42. The molecule has 2 aliphatic carbocycles. The molecule has 1 amide bonds. The van der Waals surface area contributed by atoms with Gasteiger partial charge in [-0.1, -0.05) is 12.5 Å². The molecule has 0 bridgehead atoms. The molecule has 1 saturated carbocycles. The van der Waals surface area contributed by atoms with Crippen molar-refractivity contribution in [1.29, 1.82) is 0 Å². The average Bonchev–Trinajstić information content (AvgIpc) is 2.62. The summed E-state index contributed by atoms with van der Waals surface area (Å²) >= 11 is 0. The summed E-state index contributed by atoms with van der Waals surface area (Å²) in [5.41, 5.74) is 0.187. The van der Waals surface area contributed by atoms with E-state index in [0.29, 0.717) is 0 Å². The quantitative estimate of drug-likeness (QED) is 0.801. The Balaban J connectivity index is 1.85. The summed E-state index contributed by atoms with van der Waals surface area (Å²) in [6.45, 7) is 0. The lowest BCUT2D eigenvalue weighted by Gasteiger charge is -2.24. The van der Waals surface area contributed by atoms with Crippen molar-refractivity contribution in [2.24, 2.45) is 0 Å². The molecule has 0 saturated heterocycles. The largest absolute Gasteiger partial charge is 0.573 e. The van der Waals surface area contributed by atoms with Crippen molar-refractivity contribution in [3.63, 3.8) is 0 Å². The molecule has 0 unspecified atom stereocenters. The average molecular weight is 395 g/mol. The van der Waals surface area contributed by atoms with E-state index in [-0.39, 0.29) is 35.3 Å². The fourth-order valence-corrected chi connectivity index (χ4v) is 3.21. The van der Waals surface area contributed by atoms with Crippen LogP contribution in [0.1, 0.15) is 48.9 Å². The number of amides is 1. The fourth-order valence-electron chi connectivity index (χ4n) is 3.21. The topological polar surface area (TPSA) is 64.6 Å². The molecule has 0 aromatic heterocycles. The highest BCUT2D eigenvalue weighted by Crippen LogP contribution is 2.31. The molecule has 1 aromatic carbocycles. The number of benzene rings is 1. The normalized spacial score (nSPS) is 17.8. The first-order valence-electron chi connectivity index (χ1n) is 9.09. The maximum Gasteiger partial charge on any atom is 0.573 e. The Morgan fingerprint density at radius 1 is 1.14 bits per heavy atom. The van der Waals surface area contributed by atoms with Crippen LogP contribution in [0.5, 0.6) is 11.5 Å². The van der Waals surface area contributed by atoms with Crippen molar-refractivity contribution < 1.29 is 32.2 Å². The smallest absolute Gasteiger partial charge is 0.490 e. The van der Waals surface area contributed by atoms with Crippen molar-refractivity contribution in [1.82, 2.24) is 5.32 Å². The van der Waals surface area contributed by atoms with Gasteiger partial charge in [-0.15, -0.1) is 13.2 Å². The second kappa shape index (κ2) is 8.50. The van der Waals surface area contributed by atoms with Gasteiger partial charge in [-0.3, -0.25) is 9.59 Å². The van der Waals surface area contributed by atoms with Gasteiger partial charge in [0, 0.05) is 18.2 Å². The van der Waals surface area contributed by atoms with Gasteiger partial charge in [0.1, 0.15) is 11.5 Å². The number of halogens is 3. The molecule has 3 rings (SSSR count). The van der Waals surface area contributed by atoms with Crippen LogP contribution in [0.25, 0.3) is 0 Å². The van der Waals surface area contributed by atoms with Crippen molar-refractivity contribution in [3.05, 3.63) is 47.7 Å². The van der Waals surface area contributed by atoms with Crippen molar-refractivity contribution >= 4 is 11.7 Å². The number of carbonyl (C=O) groups excluding carboxylic acids is 2. The molecule has 1 fully saturated rings. The molecule has 0 heterocycles. The lowest BCUT2D eigenvalue weighted by molar-refractivity contribution is -0.274. The first kappa shape index (κ1) is 20.0. The molecule has 1 aromatic rings. The van der Waals surface area contributed by atoms with E-state index >= 15 is 0 Å². The van der Waals surface area contributed by atoms with Crippen molar-refractivity contribution in [3.8, 4) is 11.5 Å². The molecule has 0 aliphatic heterocycles. The van der Waals surface area contributed by atoms with Gasteiger partial charge in [-0.05, 0) is 50.0 Å². The maximum absolute atomic E-state index is 12.7. The van der Waals surface area contributed by atoms with E-state index in [0.717, 1.165) is 44.2 Å². The predicted molar refractivity (Wildman–Crippen MR) is 94.9 cm³/mol. The number of rotatable bonds is 5. The van der Waals surface area contributed by atoms with Crippen LogP contribution in [-0.4, -0.2) is 24.2 Å². The SMILES string of the molecule is O=C1C=C(NC(=O)c2cc(OC(F)(F)F)ccc2OC2CCCCC2)C=CC1. The summed E-state index contributed by atoms with van der Waals surface area (Å²) in [6.07, 6.45) is 4.47. The van der Waals surface area contributed by atoms with Crippen LogP contribution in [0.15, 0.2) is 42.1 Å². The van der Waals surface area contributed by atoms with E-state index in [1.165, 1.54) is 12.1 Å². The second-order valence-electron chi connectivity index (χ2n) is 6.71. The molecule has 0 atom stereocenters. The van der Waals surface area contributed by atoms with E-state index in [9.17, 15) is 22.8 Å². The standard InChI is InChI=1S/C20H20F3NO4/c21-20(22,23)28-16-9-10-18(27-15-7-2-1-3-8-15)17(12-16)19(26)24-13-5-4-6-14(25)11-13/h4-5,9-12,15H,1-3,6-8H2,(H,24,26). The Morgan fingerprint density at radius 2 is 1.89 bits per heavy atom. The highest BCUT2D eigenvalue weighted by Gasteiger charge is 2.32. The highest BCUT2D eigenvalue weighted by molar-refractivity contribution is 6.00. The molecule has 0 radical (unpaired) electrons. The van der Waals surface area contributed by atoms with E-state index in [1.807, 2.05) is 0 Å². The minimum Gasteiger partial charge on any atom is -0.490 e. The van der Waals surface area contributed by atoms with Gasteiger partial charge in [0.05, 0.1) is 11.7 Å². The minimum absolute atomic E-state index is 0.0837. The van der Waals surface area contributed by atoms with Gasteiger partial charge in [0.15, 0.2) is 5.78 Å². The number of ketones is 1. The monoisotopic (exact) mass is 395 g/mol. The number of carbonyl (C=O) groups is 2. The summed E-state index contributed by atoms with van der Waals surface area (Å²) < 4.78 is 47.5. The van der Waals surface area contributed by atoms with Crippen LogP contribution in [0.2, 0.25) is 0 Å². The fraction of sp³-hybridized carbons (Fsp3) is 0.400. The Morgan fingerprint density at radius 3 is 2.57 bits per heavy atom. The zero-order valence-electron chi connectivity index (χ0n) is 15.1. The first-order valence-corrected chi connectivity index (χ1v) is 9.09. The number of hydrogen-bond acceptors (Lipinski definition) is 4. The molecule has 150 valence electrons. The number of allylic oxidation sites excluding steroid dienone is 3. The van der Waals surface area contributed by atoms with Gasteiger partial charge in [0.2, 0.25) is 0 Å². The molecular formula is C20H20F3NO4. The molecule has 28 heavy (non-hydrogen) atoms. The lowest BCUT2D eigenvalue weighted by Crippen LogP contribution is -2.26. The Hall–Kier alpha value is -2.77. The van der Waals surface area contributed by atoms with Gasteiger partial charge >= 0.3 is 6.36 Å². The zero-order chi connectivity index (χ0) is 20.1. The van der Waals surface area contributed by atoms with Crippen molar-refractivity contribution in [2.75, 3.05) is 0 Å². The predicted octanol–water partition coefficient (Wildman–Crippen LogP) is 4.44. The zero-order valence-corrected chi connectivity index (χ0v) is 15.1. The van der Waals surface area contributed by atoms with E-state index in [1.54, 1.807) is 12.2 Å². The molecule has 2 aliphatic rings. The molecule has 8 heteroatoms. The van der Waals surface area contributed by atoms with Crippen LogP contribution in [0.3, 0.4) is 0 Å².